The smallest absolute Gasteiger partial charge is 0.416 e. The number of amides is 2. The van der Waals surface area contributed by atoms with E-state index in [2.05, 4.69) is 0 Å². The Morgan fingerprint density at radius 3 is 2.29 bits per heavy atom. The number of anilines is 1. The van der Waals surface area contributed by atoms with E-state index in [1.54, 1.807) is 36.6 Å². The van der Waals surface area contributed by atoms with E-state index in [0.717, 1.165) is 18.6 Å². The summed E-state index contributed by atoms with van der Waals surface area (Å²) in [5.74, 6) is -0.279. The molecule has 0 N–H and O–H groups in total. The molecule has 2 aliphatic rings. The fraction of sp³-hybridized carbons (Fsp3) is 0.636. The zero-order valence-corrected chi connectivity index (χ0v) is 18.2. The van der Waals surface area contributed by atoms with Crippen molar-refractivity contribution in [1.82, 2.24) is 9.80 Å². The van der Waals surface area contributed by atoms with E-state index in [1.165, 1.54) is 6.07 Å². The number of ether oxygens (including phenoxy) is 1. The maximum absolute atomic E-state index is 13.0. The second-order valence-electron chi connectivity index (χ2n) is 9.13. The second-order valence-corrected chi connectivity index (χ2v) is 9.13. The quantitative estimate of drug-likeness (QED) is 0.696. The minimum absolute atomic E-state index is 0.00282. The van der Waals surface area contributed by atoms with Gasteiger partial charge in [0, 0.05) is 45.0 Å². The van der Waals surface area contributed by atoms with Gasteiger partial charge < -0.3 is 19.4 Å². The Labute approximate surface area is 180 Å². The lowest BCUT2D eigenvalue weighted by Gasteiger charge is -2.40. The minimum atomic E-state index is -4.38. The zero-order chi connectivity index (χ0) is 22.8. The third-order valence-electron chi connectivity index (χ3n) is 5.55. The van der Waals surface area contributed by atoms with Gasteiger partial charge in [-0.15, -0.1) is 0 Å². The number of rotatable bonds is 2. The molecule has 2 aliphatic heterocycles. The number of piperidine rings is 1. The molecule has 2 fully saturated rings. The average Bonchev–Trinajstić information content (AvgIpc) is 2.72. The Balaban J connectivity index is 1.56. The molecule has 1 atom stereocenters. The van der Waals surface area contributed by atoms with Crippen LogP contribution in [0, 0.1) is 5.92 Å². The first-order chi connectivity index (χ1) is 14.4. The minimum Gasteiger partial charge on any atom is -0.444 e. The van der Waals surface area contributed by atoms with Crippen molar-refractivity contribution in [3.63, 3.8) is 0 Å². The molecule has 1 unspecified atom stereocenters. The van der Waals surface area contributed by atoms with Crippen LogP contribution >= 0.6 is 0 Å². The van der Waals surface area contributed by atoms with E-state index in [1.807, 2.05) is 4.90 Å². The standard InChI is InChI=1S/C22H30F3N3O3/c1-21(2,3)31-20(30)28-9-5-6-16(15-28)19(29)27-12-10-26(11-13-27)18-8-4-7-17(14-18)22(23,24)25/h4,7-8,14,16H,5-6,9-13,15H2,1-3H3. The Kier molecular flexibility index (Phi) is 6.71. The number of carbonyl (C=O) groups is 2. The van der Waals surface area contributed by atoms with Gasteiger partial charge in [0.15, 0.2) is 0 Å². The fourth-order valence-electron chi connectivity index (χ4n) is 3.99. The van der Waals surface area contributed by atoms with E-state index in [0.29, 0.717) is 51.4 Å². The lowest BCUT2D eigenvalue weighted by molar-refractivity contribution is -0.138. The molecule has 0 bridgehead atoms. The van der Waals surface area contributed by atoms with E-state index in [4.69, 9.17) is 4.74 Å². The average molecular weight is 441 g/mol. The van der Waals surface area contributed by atoms with Gasteiger partial charge in [-0.25, -0.2) is 4.79 Å². The summed E-state index contributed by atoms with van der Waals surface area (Å²) in [6.45, 7) is 8.15. The number of nitrogens with zero attached hydrogens (tertiary/aromatic N) is 3. The normalized spacial score (nSPS) is 20.6. The summed E-state index contributed by atoms with van der Waals surface area (Å²) < 4.78 is 44.4. The first-order valence-electron chi connectivity index (χ1n) is 10.6. The SMILES string of the molecule is CC(C)(C)OC(=O)N1CCCC(C(=O)N2CCN(c3cccc(C(F)(F)F)c3)CC2)C1. The van der Waals surface area contributed by atoms with Crippen molar-refractivity contribution < 1.29 is 27.5 Å². The Hall–Kier alpha value is -2.45. The van der Waals surface area contributed by atoms with Crippen LogP contribution in [-0.4, -0.2) is 66.7 Å². The van der Waals surface area contributed by atoms with E-state index in [9.17, 15) is 22.8 Å². The molecule has 31 heavy (non-hydrogen) atoms. The van der Waals surface area contributed by atoms with Gasteiger partial charge in [-0.1, -0.05) is 6.07 Å². The summed E-state index contributed by atoms with van der Waals surface area (Å²) in [6.07, 6.45) is -3.33. The lowest BCUT2D eigenvalue weighted by Crippen LogP contribution is -2.53. The molecule has 0 spiro atoms. The Morgan fingerprint density at radius 2 is 1.68 bits per heavy atom. The molecule has 0 radical (unpaired) electrons. The Morgan fingerprint density at radius 1 is 1.00 bits per heavy atom. The number of piperazine rings is 1. The van der Waals surface area contributed by atoms with E-state index >= 15 is 0 Å². The molecule has 1 aromatic carbocycles. The number of likely N-dealkylation sites (tertiary alicyclic amines) is 1. The molecular formula is C22H30F3N3O3. The van der Waals surface area contributed by atoms with E-state index < -0.39 is 23.4 Å². The zero-order valence-electron chi connectivity index (χ0n) is 18.2. The highest BCUT2D eigenvalue weighted by Gasteiger charge is 2.35. The van der Waals surface area contributed by atoms with Gasteiger partial charge in [-0.2, -0.15) is 13.2 Å². The molecule has 0 aromatic heterocycles. The monoisotopic (exact) mass is 441 g/mol. The lowest BCUT2D eigenvalue weighted by atomic mass is 9.96. The summed E-state index contributed by atoms with van der Waals surface area (Å²) in [4.78, 5) is 30.6. The first kappa shape index (κ1) is 23.2. The third kappa shape index (κ3) is 6.04. The highest BCUT2D eigenvalue weighted by atomic mass is 19.4. The maximum Gasteiger partial charge on any atom is 0.416 e. The van der Waals surface area contributed by atoms with Crippen molar-refractivity contribution in [2.24, 2.45) is 5.92 Å². The summed E-state index contributed by atoms with van der Waals surface area (Å²) in [6, 6.07) is 5.27. The van der Waals surface area contributed by atoms with Crippen molar-refractivity contribution in [2.75, 3.05) is 44.2 Å². The summed E-state index contributed by atoms with van der Waals surface area (Å²) >= 11 is 0. The van der Waals surface area contributed by atoms with Crippen molar-refractivity contribution in [3.8, 4) is 0 Å². The van der Waals surface area contributed by atoms with Gasteiger partial charge in [-0.3, -0.25) is 4.79 Å². The van der Waals surface area contributed by atoms with Gasteiger partial charge in [0.05, 0.1) is 11.5 Å². The molecule has 2 amide bonds. The van der Waals surface area contributed by atoms with Gasteiger partial charge in [0.1, 0.15) is 5.60 Å². The van der Waals surface area contributed by atoms with Crippen LogP contribution in [0.15, 0.2) is 24.3 Å². The third-order valence-corrected chi connectivity index (χ3v) is 5.55. The second kappa shape index (κ2) is 8.96. The predicted molar refractivity (Wildman–Crippen MR) is 111 cm³/mol. The van der Waals surface area contributed by atoms with Crippen molar-refractivity contribution in [1.29, 1.82) is 0 Å². The topological polar surface area (TPSA) is 53.1 Å². The van der Waals surface area contributed by atoms with Crippen LogP contribution in [0.5, 0.6) is 0 Å². The highest BCUT2D eigenvalue weighted by Crippen LogP contribution is 2.32. The van der Waals surface area contributed by atoms with Crippen LogP contribution in [0.1, 0.15) is 39.2 Å². The number of carbonyl (C=O) groups excluding carboxylic acids is 2. The van der Waals surface area contributed by atoms with Crippen LogP contribution < -0.4 is 4.90 Å². The largest absolute Gasteiger partial charge is 0.444 e. The van der Waals surface area contributed by atoms with Crippen LogP contribution in [0.2, 0.25) is 0 Å². The van der Waals surface area contributed by atoms with Crippen molar-refractivity contribution >= 4 is 17.7 Å². The first-order valence-corrected chi connectivity index (χ1v) is 10.6. The fourth-order valence-corrected chi connectivity index (χ4v) is 3.99. The molecule has 9 heteroatoms. The highest BCUT2D eigenvalue weighted by molar-refractivity contribution is 5.80. The van der Waals surface area contributed by atoms with Gasteiger partial charge in [0.25, 0.3) is 0 Å². The maximum atomic E-state index is 13.0. The van der Waals surface area contributed by atoms with Crippen molar-refractivity contribution in [2.45, 2.75) is 45.4 Å². The van der Waals surface area contributed by atoms with Crippen molar-refractivity contribution in [3.05, 3.63) is 29.8 Å². The molecule has 2 saturated heterocycles. The van der Waals surface area contributed by atoms with Crippen LogP contribution in [0.3, 0.4) is 0 Å². The number of halogens is 3. The summed E-state index contributed by atoms with van der Waals surface area (Å²) in [5.41, 5.74) is -0.753. The van der Waals surface area contributed by atoms with Crippen LogP contribution in [0.4, 0.5) is 23.7 Å². The number of hydrogen-bond acceptors (Lipinski definition) is 4. The predicted octanol–water partition coefficient (Wildman–Crippen LogP) is 4.00. The molecule has 0 aliphatic carbocycles. The number of benzene rings is 1. The summed E-state index contributed by atoms with van der Waals surface area (Å²) in [5, 5.41) is 0. The molecule has 0 saturated carbocycles. The summed E-state index contributed by atoms with van der Waals surface area (Å²) in [7, 11) is 0. The van der Waals surface area contributed by atoms with Gasteiger partial charge in [0.2, 0.25) is 5.91 Å². The van der Waals surface area contributed by atoms with Gasteiger partial charge in [-0.05, 0) is 51.8 Å². The molecular weight excluding hydrogens is 411 g/mol. The molecule has 1 aromatic rings. The molecule has 2 heterocycles. The number of alkyl halides is 3. The Bertz CT molecular complexity index is 799. The van der Waals surface area contributed by atoms with Gasteiger partial charge >= 0.3 is 12.3 Å². The molecule has 172 valence electrons. The molecule has 6 nitrogen and oxygen atoms in total. The van der Waals surface area contributed by atoms with Crippen LogP contribution in [0.25, 0.3) is 0 Å². The van der Waals surface area contributed by atoms with E-state index in [-0.39, 0.29) is 11.8 Å². The number of hydrogen-bond donors (Lipinski definition) is 0. The van der Waals surface area contributed by atoms with Crippen LogP contribution in [-0.2, 0) is 15.7 Å². The molecule has 3 rings (SSSR count).